The molecular weight excluding hydrogens is 278 g/mol. The Bertz CT molecular complexity index is 628. The molecule has 108 valence electrons. The summed E-state index contributed by atoms with van der Waals surface area (Å²) < 4.78 is 16.1. The zero-order valence-electron chi connectivity index (χ0n) is 12.1. The van der Waals surface area contributed by atoms with Crippen molar-refractivity contribution in [3.05, 3.63) is 22.8 Å². The standard InChI is InChI=1S/C15H18ClNO3/c1-5-6-9-7-10(16)13-11(17-9)8-12(18-2)14(19-3)15(13)20-4/h7-8H,5-6H2,1-4H3. The van der Waals surface area contributed by atoms with Crippen LogP contribution in [0.4, 0.5) is 0 Å². The lowest BCUT2D eigenvalue weighted by atomic mass is 10.1. The zero-order valence-corrected chi connectivity index (χ0v) is 12.9. The van der Waals surface area contributed by atoms with Crippen LogP contribution in [-0.2, 0) is 6.42 Å². The summed E-state index contributed by atoms with van der Waals surface area (Å²) >= 11 is 6.39. The third-order valence-electron chi connectivity index (χ3n) is 3.11. The highest BCUT2D eigenvalue weighted by Crippen LogP contribution is 2.45. The summed E-state index contributed by atoms with van der Waals surface area (Å²) in [6.45, 7) is 2.11. The van der Waals surface area contributed by atoms with E-state index >= 15 is 0 Å². The van der Waals surface area contributed by atoms with Gasteiger partial charge < -0.3 is 14.2 Å². The van der Waals surface area contributed by atoms with E-state index in [-0.39, 0.29) is 0 Å². The minimum Gasteiger partial charge on any atom is -0.493 e. The molecule has 0 fully saturated rings. The Labute approximate surface area is 123 Å². The van der Waals surface area contributed by atoms with Crippen molar-refractivity contribution in [1.29, 1.82) is 0 Å². The highest BCUT2D eigenvalue weighted by atomic mass is 35.5. The van der Waals surface area contributed by atoms with E-state index in [1.165, 1.54) is 0 Å². The number of nitrogens with zero attached hydrogens (tertiary/aromatic N) is 1. The highest BCUT2D eigenvalue weighted by Gasteiger charge is 2.19. The number of halogens is 1. The largest absolute Gasteiger partial charge is 0.493 e. The summed E-state index contributed by atoms with van der Waals surface area (Å²) in [5.74, 6) is 1.64. The predicted molar refractivity (Wildman–Crippen MR) is 80.4 cm³/mol. The molecule has 20 heavy (non-hydrogen) atoms. The third kappa shape index (κ3) is 2.48. The average Bonchev–Trinajstić information content (AvgIpc) is 2.45. The van der Waals surface area contributed by atoms with E-state index in [1.807, 2.05) is 12.1 Å². The second-order valence-electron chi connectivity index (χ2n) is 4.38. The molecule has 0 atom stereocenters. The Morgan fingerprint density at radius 1 is 1.05 bits per heavy atom. The summed E-state index contributed by atoms with van der Waals surface area (Å²) in [5, 5.41) is 1.35. The molecule has 0 amide bonds. The first-order valence-electron chi connectivity index (χ1n) is 6.44. The molecule has 0 saturated carbocycles. The fraction of sp³-hybridized carbons (Fsp3) is 0.400. The van der Waals surface area contributed by atoms with Crippen molar-refractivity contribution in [3.8, 4) is 17.2 Å². The number of hydrogen-bond acceptors (Lipinski definition) is 4. The molecule has 0 aliphatic carbocycles. The molecule has 0 bridgehead atoms. The monoisotopic (exact) mass is 295 g/mol. The van der Waals surface area contributed by atoms with Crippen molar-refractivity contribution in [2.24, 2.45) is 0 Å². The molecule has 4 nitrogen and oxygen atoms in total. The van der Waals surface area contributed by atoms with Gasteiger partial charge in [0, 0.05) is 11.8 Å². The maximum absolute atomic E-state index is 6.39. The molecule has 1 heterocycles. The van der Waals surface area contributed by atoms with E-state index < -0.39 is 0 Å². The maximum Gasteiger partial charge on any atom is 0.204 e. The Kier molecular flexibility index (Phi) is 4.55. The number of rotatable bonds is 5. The molecule has 2 rings (SSSR count). The fourth-order valence-corrected chi connectivity index (χ4v) is 2.56. The Balaban J connectivity index is 2.80. The molecule has 0 aliphatic rings. The molecular formula is C15H18ClNO3. The van der Waals surface area contributed by atoms with Gasteiger partial charge in [-0.2, -0.15) is 0 Å². The number of benzene rings is 1. The molecule has 0 N–H and O–H groups in total. The van der Waals surface area contributed by atoms with Crippen LogP contribution < -0.4 is 14.2 Å². The van der Waals surface area contributed by atoms with Crippen molar-refractivity contribution in [2.75, 3.05) is 21.3 Å². The quantitative estimate of drug-likeness (QED) is 0.839. The van der Waals surface area contributed by atoms with Crippen LogP contribution in [0, 0.1) is 0 Å². The van der Waals surface area contributed by atoms with Crippen molar-refractivity contribution < 1.29 is 14.2 Å². The van der Waals surface area contributed by atoms with Crippen molar-refractivity contribution in [3.63, 3.8) is 0 Å². The van der Waals surface area contributed by atoms with Crippen LogP contribution in [0.2, 0.25) is 5.02 Å². The number of ether oxygens (including phenoxy) is 3. The lowest BCUT2D eigenvalue weighted by Crippen LogP contribution is -1.98. The minimum absolute atomic E-state index is 0.523. The molecule has 0 spiro atoms. The second kappa shape index (κ2) is 6.18. The smallest absolute Gasteiger partial charge is 0.204 e. The van der Waals surface area contributed by atoms with Crippen molar-refractivity contribution in [1.82, 2.24) is 4.98 Å². The zero-order chi connectivity index (χ0) is 14.7. The van der Waals surface area contributed by atoms with Gasteiger partial charge in [0.05, 0.1) is 37.3 Å². The molecule has 0 saturated heterocycles. The topological polar surface area (TPSA) is 40.6 Å². The molecule has 0 unspecified atom stereocenters. The highest BCUT2D eigenvalue weighted by molar-refractivity contribution is 6.36. The number of aromatic nitrogens is 1. The van der Waals surface area contributed by atoms with Crippen LogP contribution in [-0.4, -0.2) is 26.3 Å². The number of pyridine rings is 1. The van der Waals surface area contributed by atoms with Crippen molar-refractivity contribution >= 4 is 22.5 Å². The Morgan fingerprint density at radius 3 is 2.30 bits per heavy atom. The van der Waals surface area contributed by atoms with E-state index in [0.717, 1.165) is 29.4 Å². The van der Waals surface area contributed by atoms with Crippen LogP contribution in [0.5, 0.6) is 17.2 Å². The Hall–Kier alpha value is -1.68. The molecule has 1 aromatic carbocycles. The summed E-state index contributed by atoms with van der Waals surface area (Å²) in [6.07, 6.45) is 1.89. The summed E-state index contributed by atoms with van der Waals surface area (Å²) in [6, 6.07) is 3.70. The average molecular weight is 296 g/mol. The first kappa shape index (κ1) is 14.7. The van der Waals surface area contributed by atoms with Gasteiger partial charge in [0.15, 0.2) is 11.5 Å². The van der Waals surface area contributed by atoms with Gasteiger partial charge in [0.2, 0.25) is 5.75 Å². The molecule has 0 aliphatic heterocycles. The summed E-state index contributed by atoms with van der Waals surface area (Å²) in [5.41, 5.74) is 1.70. The normalized spacial score (nSPS) is 10.7. The third-order valence-corrected chi connectivity index (χ3v) is 3.41. The minimum atomic E-state index is 0.523. The molecule has 2 aromatic rings. The SMILES string of the molecule is CCCc1cc(Cl)c2c(OC)c(OC)c(OC)cc2n1. The Morgan fingerprint density at radius 2 is 1.75 bits per heavy atom. The van der Waals surface area contributed by atoms with E-state index in [2.05, 4.69) is 11.9 Å². The summed E-state index contributed by atoms with van der Waals surface area (Å²) in [7, 11) is 4.73. The van der Waals surface area contributed by atoms with Gasteiger partial charge in [-0.05, 0) is 12.5 Å². The first-order valence-corrected chi connectivity index (χ1v) is 6.82. The van der Waals surface area contributed by atoms with Crippen molar-refractivity contribution in [2.45, 2.75) is 19.8 Å². The lowest BCUT2D eigenvalue weighted by Gasteiger charge is -2.15. The fourth-order valence-electron chi connectivity index (χ4n) is 2.25. The van der Waals surface area contributed by atoms with Crippen LogP contribution in [0.25, 0.3) is 10.9 Å². The van der Waals surface area contributed by atoms with Gasteiger partial charge in [-0.1, -0.05) is 24.9 Å². The van der Waals surface area contributed by atoms with Crippen LogP contribution in [0.15, 0.2) is 12.1 Å². The van der Waals surface area contributed by atoms with E-state index in [1.54, 1.807) is 21.3 Å². The van der Waals surface area contributed by atoms with Crippen LogP contribution >= 0.6 is 11.6 Å². The van der Waals surface area contributed by atoms with Gasteiger partial charge >= 0.3 is 0 Å². The summed E-state index contributed by atoms with van der Waals surface area (Å²) in [4.78, 5) is 4.62. The van der Waals surface area contributed by atoms with E-state index in [4.69, 9.17) is 25.8 Å². The van der Waals surface area contributed by atoms with Crippen LogP contribution in [0.1, 0.15) is 19.0 Å². The van der Waals surface area contributed by atoms with Gasteiger partial charge in [0.25, 0.3) is 0 Å². The molecule has 0 radical (unpaired) electrons. The molecule has 5 heteroatoms. The number of methoxy groups -OCH3 is 3. The number of fused-ring (bicyclic) bond motifs is 1. The van der Waals surface area contributed by atoms with Gasteiger partial charge in [0.1, 0.15) is 0 Å². The van der Waals surface area contributed by atoms with E-state index in [9.17, 15) is 0 Å². The lowest BCUT2D eigenvalue weighted by molar-refractivity contribution is 0.327. The van der Waals surface area contributed by atoms with Gasteiger partial charge in [-0.15, -0.1) is 0 Å². The van der Waals surface area contributed by atoms with Crippen LogP contribution in [0.3, 0.4) is 0 Å². The number of hydrogen-bond donors (Lipinski definition) is 0. The van der Waals surface area contributed by atoms with E-state index in [0.29, 0.717) is 22.3 Å². The van der Waals surface area contributed by atoms with Gasteiger partial charge in [-0.3, -0.25) is 4.98 Å². The predicted octanol–water partition coefficient (Wildman–Crippen LogP) is 3.87. The second-order valence-corrected chi connectivity index (χ2v) is 4.79. The first-order chi connectivity index (χ1) is 9.65. The number of aryl methyl sites for hydroxylation is 1. The van der Waals surface area contributed by atoms with Gasteiger partial charge in [-0.25, -0.2) is 0 Å². The maximum atomic E-state index is 6.39. The molecule has 1 aromatic heterocycles.